The summed E-state index contributed by atoms with van der Waals surface area (Å²) < 4.78 is 35.5. The van der Waals surface area contributed by atoms with Crippen molar-refractivity contribution in [3.05, 3.63) is 24.3 Å². The lowest BCUT2D eigenvalue weighted by atomic mass is 10.3. The number of piperazine rings is 1. The van der Waals surface area contributed by atoms with Gasteiger partial charge in [-0.05, 0) is 31.2 Å². The monoisotopic (exact) mass is 328 g/mol. The fourth-order valence-electron chi connectivity index (χ4n) is 2.38. The van der Waals surface area contributed by atoms with Gasteiger partial charge in [0.25, 0.3) is 0 Å². The second-order valence-electron chi connectivity index (χ2n) is 5.26. The third-order valence-electron chi connectivity index (χ3n) is 3.61. The lowest BCUT2D eigenvalue weighted by molar-refractivity contribution is 0.159. The number of hydrogen-bond acceptors (Lipinski definition) is 5. The van der Waals surface area contributed by atoms with Gasteiger partial charge in [0.15, 0.2) is 0 Å². The Hall–Kier alpha value is -1.31. The van der Waals surface area contributed by atoms with Crippen LogP contribution >= 0.6 is 0 Å². The molecule has 1 aromatic rings. The Morgan fingerprint density at radius 1 is 1.00 bits per heavy atom. The molecule has 124 valence electrons. The highest BCUT2D eigenvalue weighted by molar-refractivity contribution is 7.88. The molecule has 22 heavy (non-hydrogen) atoms. The van der Waals surface area contributed by atoms with Crippen molar-refractivity contribution in [3.8, 4) is 11.5 Å². The average molecular weight is 328 g/mol. The maximum atomic E-state index is 11.4. The van der Waals surface area contributed by atoms with E-state index in [-0.39, 0.29) is 0 Å². The Morgan fingerprint density at radius 3 is 2.05 bits per heavy atom. The predicted molar refractivity (Wildman–Crippen MR) is 86.0 cm³/mol. The van der Waals surface area contributed by atoms with Gasteiger partial charge in [-0.1, -0.05) is 0 Å². The first kappa shape index (κ1) is 17.1. The number of nitrogens with zero attached hydrogens (tertiary/aromatic N) is 2. The van der Waals surface area contributed by atoms with Crippen molar-refractivity contribution in [2.24, 2.45) is 0 Å². The Bertz CT molecular complexity index is 551. The van der Waals surface area contributed by atoms with Gasteiger partial charge in [-0.2, -0.15) is 4.31 Å². The fourth-order valence-corrected chi connectivity index (χ4v) is 3.20. The number of sulfonamides is 1. The van der Waals surface area contributed by atoms with Crippen LogP contribution in [-0.2, 0) is 10.0 Å². The molecule has 1 aliphatic rings. The minimum absolute atomic E-state index is 0.557. The molecule has 0 unspecified atom stereocenters. The molecule has 7 heteroatoms. The smallest absolute Gasteiger partial charge is 0.211 e. The summed E-state index contributed by atoms with van der Waals surface area (Å²) in [5.74, 6) is 1.66. The van der Waals surface area contributed by atoms with E-state index in [9.17, 15) is 8.42 Å². The molecule has 0 N–H and O–H groups in total. The second kappa shape index (κ2) is 7.80. The first-order chi connectivity index (χ1) is 10.5. The first-order valence-corrected chi connectivity index (χ1v) is 9.37. The zero-order chi connectivity index (χ0) is 16.0. The van der Waals surface area contributed by atoms with Crippen molar-refractivity contribution < 1.29 is 17.9 Å². The lowest BCUT2D eigenvalue weighted by Gasteiger charge is -2.33. The van der Waals surface area contributed by atoms with E-state index in [0.717, 1.165) is 31.1 Å². The number of hydrogen-bond donors (Lipinski definition) is 0. The van der Waals surface area contributed by atoms with Crippen LogP contribution < -0.4 is 9.47 Å². The van der Waals surface area contributed by atoms with E-state index < -0.39 is 10.0 Å². The van der Waals surface area contributed by atoms with Crippen molar-refractivity contribution in [2.45, 2.75) is 6.92 Å². The highest BCUT2D eigenvalue weighted by atomic mass is 32.2. The van der Waals surface area contributed by atoms with Crippen molar-refractivity contribution in [1.82, 2.24) is 9.21 Å². The molecule has 2 rings (SSSR count). The Morgan fingerprint density at radius 2 is 1.55 bits per heavy atom. The van der Waals surface area contributed by atoms with Crippen LogP contribution in [-0.4, -0.2) is 69.8 Å². The second-order valence-corrected chi connectivity index (χ2v) is 7.24. The Balaban J connectivity index is 1.69. The van der Waals surface area contributed by atoms with E-state index in [2.05, 4.69) is 4.90 Å². The SMILES string of the molecule is CCOc1ccc(OCCN2CCN(S(C)(=O)=O)CC2)cc1. The van der Waals surface area contributed by atoms with Crippen molar-refractivity contribution >= 4 is 10.0 Å². The summed E-state index contributed by atoms with van der Waals surface area (Å²) in [6.07, 6.45) is 1.26. The van der Waals surface area contributed by atoms with Crippen LogP contribution in [0.1, 0.15) is 6.92 Å². The van der Waals surface area contributed by atoms with Crippen LogP contribution in [0.4, 0.5) is 0 Å². The van der Waals surface area contributed by atoms with Gasteiger partial charge in [0.05, 0.1) is 12.9 Å². The predicted octanol–water partition coefficient (Wildman–Crippen LogP) is 1.04. The van der Waals surface area contributed by atoms with Gasteiger partial charge in [-0.15, -0.1) is 0 Å². The van der Waals surface area contributed by atoms with E-state index in [1.54, 1.807) is 0 Å². The Kier molecular flexibility index (Phi) is 6.05. The van der Waals surface area contributed by atoms with Crippen LogP contribution in [0.25, 0.3) is 0 Å². The van der Waals surface area contributed by atoms with Crippen LogP contribution in [0.2, 0.25) is 0 Å². The van der Waals surface area contributed by atoms with E-state index in [0.29, 0.717) is 26.3 Å². The maximum Gasteiger partial charge on any atom is 0.211 e. The molecule has 1 saturated heterocycles. The summed E-state index contributed by atoms with van der Waals surface area (Å²) >= 11 is 0. The van der Waals surface area contributed by atoms with Gasteiger partial charge in [0.2, 0.25) is 10.0 Å². The summed E-state index contributed by atoms with van der Waals surface area (Å²) in [5, 5.41) is 0. The molecule has 0 saturated carbocycles. The fraction of sp³-hybridized carbons (Fsp3) is 0.600. The average Bonchev–Trinajstić information content (AvgIpc) is 2.49. The molecule has 0 amide bonds. The molecule has 1 aromatic carbocycles. The van der Waals surface area contributed by atoms with Crippen molar-refractivity contribution in [2.75, 3.05) is 52.2 Å². The largest absolute Gasteiger partial charge is 0.494 e. The van der Waals surface area contributed by atoms with Crippen LogP contribution in [0.3, 0.4) is 0 Å². The van der Waals surface area contributed by atoms with Crippen LogP contribution in [0.15, 0.2) is 24.3 Å². The van der Waals surface area contributed by atoms with Gasteiger partial charge < -0.3 is 9.47 Å². The maximum absolute atomic E-state index is 11.4. The van der Waals surface area contributed by atoms with Gasteiger partial charge in [0.1, 0.15) is 18.1 Å². The van der Waals surface area contributed by atoms with E-state index in [1.165, 1.54) is 10.6 Å². The van der Waals surface area contributed by atoms with Gasteiger partial charge in [-0.25, -0.2) is 8.42 Å². The molecule has 0 spiro atoms. The summed E-state index contributed by atoms with van der Waals surface area (Å²) in [4.78, 5) is 2.22. The standard InChI is InChI=1S/C15H24N2O4S/c1-3-20-14-4-6-15(7-5-14)21-13-12-16-8-10-17(11-9-16)22(2,18)19/h4-7H,3,8-13H2,1-2H3. The topological polar surface area (TPSA) is 59.1 Å². The molecule has 1 fully saturated rings. The molecule has 1 heterocycles. The lowest BCUT2D eigenvalue weighted by Crippen LogP contribution is -2.49. The van der Waals surface area contributed by atoms with E-state index in [1.807, 2.05) is 31.2 Å². The summed E-state index contributed by atoms with van der Waals surface area (Å²) in [7, 11) is -3.06. The number of benzene rings is 1. The van der Waals surface area contributed by atoms with Crippen molar-refractivity contribution in [3.63, 3.8) is 0 Å². The highest BCUT2D eigenvalue weighted by Crippen LogP contribution is 2.17. The molecule has 0 bridgehead atoms. The number of rotatable bonds is 7. The molecule has 0 aliphatic carbocycles. The van der Waals surface area contributed by atoms with Crippen LogP contribution in [0.5, 0.6) is 11.5 Å². The minimum Gasteiger partial charge on any atom is -0.494 e. The molecular weight excluding hydrogens is 304 g/mol. The van der Waals surface area contributed by atoms with Crippen LogP contribution in [0, 0.1) is 0 Å². The normalized spacial score (nSPS) is 17.4. The third-order valence-corrected chi connectivity index (χ3v) is 4.91. The molecule has 1 aliphatic heterocycles. The number of ether oxygens (including phenoxy) is 2. The molecule has 0 aromatic heterocycles. The minimum atomic E-state index is -3.06. The third kappa shape index (κ3) is 5.15. The quantitative estimate of drug-likeness (QED) is 0.748. The first-order valence-electron chi connectivity index (χ1n) is 7.52. The Labute approximate surface area is 132 Å². The summed E-state index contributed by atoms with van der Waals surface area (Å²) in [5.41, 5.74) is 0. The van der Waals surface area contributed by atoms with E-state index in [4.69, 9.17) is 9.47 Å². The molecular formula is C15H24N2O4S. The summed E-state index contributed by atoms with van der Waals surface area (Å²) in [6.45, 7) is 6.61. The van der Waals surface area contributed by atoms with E-state index >= 15 is 0 Å². The molecule has 6 nitrogen and oxygen atoms in total. The van der Waals surface area contributed by atoms with Gasteiger partial charge in [-0.3, -0.25) is 4.90 Å². The zero-order valence-corrected chi connectivity index (χ0v) is 14.0. The summed E-state index contributed by atoms with van der Waals surface area (Å²) in [6, 6.07) is 7.58. The molecule has 0 atom stereocenters. The van der Waals surface area contributed by atoms with Gasteiger partial charge >= 0.3 is 0 Å². The zero-order valence-electron chi connectivity index (χ0n) is 13.2. The molecule has 0 radical (unpaired) electrons. The van der Waals surface area contributed by atoms with Gasteiger partial charge in [0, 0.05) is 32.7 Å². The highest BCUT2D eigenvalue weighted by Gasteiger charge is 2.22. The van der Waals surface area contributed by atoms with Crippen molar-refractivity contribution in [1.29, 1.82) is 0 Å².